The lowest BCUT2D eigenvalue weighted by Gasteiger charge is -2.53. The first kappa shape index (κ1) is 11.9. The molecule has 1 aromatic rings. The Morgan fingerprint density at radius 3 is 2.17 bits per heavy atom. The SMILES string of the molecule is Cc1ccc(S(=O)(=O)N2CC3(CC(=O)C3)C2)cc1. The number of hydrogen-bond acceptors (Lipinski definition) is 3. The standard InChI is InChI=1S/C13H15NO3S/c1-10-2-4-12(5-3-10)18(16,17)14-8-13(9-14)6-11(15)7-13/h2-5H,6-9H2,1H3. The summed E-state index contributed by atoms with van der Waals surface area (Å²) in [6, 6.07) is 6.88. The number of carbonyl (C=O) groups is 1. The van der Waals surface area contributed by atoms with E-state index in [0.29, 0.717) is 30.8 Å². The second-order valence-corrected chi connectivity index (χ2v) is 7.42. The number of benzene rings is 1. The number of nitrogens with zero attached hydrogens (tertiary/aromatic N) is 1. The fraction of sp³-hybridized carbons (Fsp3) is 0.462. The van der Waals surface area contributed by atoms with Crippen molar-refractivity contribution in [3.63, 3.8) is 0 Å². The summed E-state index contributed by atoms with van der Waals surface area (Å²) >= 11 is 0. The Kier molecular flexibility index (Phi) is 2.40. The first-order valence-corrected chi connectivity index (χ1v) is 7.44. The van der Waals surface area contributed by atoms with Crippen molar-refractivity contribution in [2.24, 2.45) is 5.41 Å². The maximum Gasteiger partial charge on any atom is 0.243 e. The molecule has 1 spiro atoms. The molecule has 0 aromatic heterocycles. The van der Waals surface area contributed by atoms with E-state index >= 15 is 0 Å². The Balaban J connectivity index is 1.77. The largest absolute Gasteiger partial charge is 0.300 e. The van der Waals surface area contributed by atoms with Crippen LogP contribution in [0.25, 0.3) is 0 Å². The van der Waals surface area contributed by atoms with Gasteiger partial charge in [0.15, 0.2) is 0 Å². The predicted octanol–water partition coefficient (Wildman–Crippen LogP) is 1.35. The molecule has 1 saturated heterocycles. The highest BCUT2D eigenvalue weighted by Gasteiger charge is 2.55. The third kappa shape index (κ3) is 1.69. The average molecular weight is 265 g/mol. The molecular formula is C13H15NO3S. The van der Waals surface area contributed by atoms with Crippen molar-refractivity contribution in [3.05, 3.63) is 29.8 Å². The maximum atomic E-state index is 12.3. The third-order valence-corrected chi connectivity index (χ3v) is 5.63. The van der Waals surface area contributed by atoms with Gasteiger partial charge in [0.1, 0.15) is 5.78 Å². The molecule has 1 aromatic carbocycles. The number of Topliss-reactive ketones (excluding diaryl/α,β-unsaturated/α-hetero) is 1. The summed E-state index contributed by atoms with van der Waals surface area (Å²) in [6.45, 7) is 2.92. The van der Waals surface area contributed by atoms with Gasteiger partial charge in [0.2, 0.25) is 10.0 Å². The molecule has 3 rings (SSSR count). The highest BCUT2D eigenvalue weighted by Crippen LogP contribution is 2.47. The summed E-state index contributed by atoms with van der Waals surface area (Å²) in [5.74, 6) is 0.252. The first-order valence-electron chi connectivity index (χ1n) is 6.00. The van der Waals surface area contributed by atoms with E-state index in [4.69, 9.17) is 0 Å². The fourth-order valence-corrected chi connectivity index (χ4v) is 4.41. The summed E-state index contributed by atoms with van der Waals surface area (Å²) in [5.41, 5.74) is 1.01. The maximum absolute atomic E-state index is 12.3. The van der Waals surface area contributed by atoms with Crippen molar-refractivity contribution in [3.8, 4) is 0 Å². The van der Waals surface area contributed by atoms with Gasteiger partial charge in [-0.3, -0.25) is 4.79 Å². The minimum absolute atomic E-state index is 0.0329. The van der Waals surface area contributed by atoms with Crippen LogP contribution in [0.3, 0.4) is 0 Å². The number of aryl methyl sites for hydroxylation is 1. The predicted molar refractivity (Wildman–Crippen MR) is 66.6 cm³/mol. The number of hydrogen-bond donors (Lipinski definition) is 0. The van der Waals surface area contributed by atoms with Crippen molar-refractivity contribution in [2.45, 2.75) is 24.7 Å². The molecule has 0 atom stereocenters. The van der Waals surface area contributed by atoms with Crippen LogP contribution in [0.1, 0.15) is 18.4 Å². The molecule has 1 heterocycles. The van der Waals surface area contributed by atoms with Gasteiger partial charge in [-0.25, -0.2) is 8.42 Å². The van der Waals surface area contributed by atoms with Crippen LogP contribution in [0.4, 0.5) is 0 Å². The zero-order chi connectivity index (χ0) is 13.0. The van der Waals surface area contributed by atoms with Crippen LogP contribution in [0.15, 0.2) is 29.2 Å². The minimum atomic E-state index is -3.36. The van der Waals surface area contributed by atoms with Gasteiger partial charge >= 0.3 is 0 Å². The molecule has 1 aliphatic heterocycles. The highest BCUT2D eigenvalue weighted by atomic mass is 32.2. The summed E-state index contributed by atoms with van der Waals surface area (Å²) in [7, 11) is -3.36. The molecule has 0 amide bonds. The van der Waals surface area contributed by atoms with Crippen molar-refractivity contribution in [1.82, 2.24) is 4.31 Å². The smallest absolute Gasteiger partial charge is 0.243 e. The average Bonchev–Trinajstić information content (AvgIpc) is 2.21. The monoisotopic (exact) mass is 265 g/mol. The van der Waals surface area contributed by atoms with Gasteiger partial charge in [0.05, 0.1) is 4.90 Å². The van der Waals surface area contributed by atoms with Crippen molar-refractivity contribution in [1.29, 1.82) is 0 Å². The van der Waals surface area contributed by atoms with Crippen LogP contribution in [-0.2, 0) is 14.8 Å². The summed E-state index contributed by atoms with van der Waals surface area (Å²) in [6.07, 6.45) is 1.10. The lowest BCUT2D eigenvalue weighted by molar-refractivity contribution is -0.140. The number of carbonyl (C=O) groups excluding carboxylic acids is 1. The van der Waals surface area contributed by atoms with Crippen molar-refractivity contribution in [2.75, 3.05) is 13.1 Å². The topological polar surface area (TPSA) is 54.5 Å². The molecule has 0 unspecified atom stereocenters. The molecule has 5 heteroatoms. The lowest BCUT2D eigenvalue weighted by atomic mass is 9.64. The molecule has 2 aliphatic rings. The Morgan fingerprint density at radius 2 is 1.67 bits per heavy atom. The van der Waals surface area contributed by atoms with Gasteiger partial charge in [0, 0.05) is 31.3 Å². The van der Waals surface area contributed by atoms with Crippen molar-refractivity contribution >= 4 is 15.8 Å². The third-order valence-electron chi connectivity index (χ3n) is 3.83. The summed E-state index contributed by atoms with van der Waals surface area (Å²) < 4.78 is 26.0. The lowest BCUT2D eigenvalue weighted by Crippen LogP contribution is -2.63. The van der Waals surface area contributed by atoms with Gasteiger partial charge in [-0.2, -0.15) is 4.31 Å². The number of ketones is 1. The Bertz CT molecular complexity index is 588. The summed E-state index contributed by atoms with van der Waals surface area (Å²) in [5, 5.41) is 0. The summed E-state index contributed by atoms with van der Waals surface area (Å²) in [4.78, 5) is 11.3. The Morgan fingerprint density at radius 1 is 1.11 bits per heavy atom. The minimum Gasteiger partial charge on any atom is -0.300 e. The van der Waals surface area contributed by atoms with Crippen LogP contribution in [0, 0.1) is 12.3 Å². The van der Waals surface area contributed by atoms with Crippen LogP contribution in [0.5, 0.6) is 0 Å². The number of sulfonamides is 1. The van der Waals surface area contributed by atoms with Crippen molar-refractivity contribution < 1.29 is 13.2 Å². The Labute approximate surface area is 107 Å². The number of rotatable bonds is 2. The van der Waals surface area contributed by atoms with E-state index in [1.807, 2.05) is 6.92 Å². The molecule has 0 N–H and O–H groups in total. The molecule has 4 nitrogen and oxygen atoms in total. The molecule has 0 bridgehead atoms. The van der Waals surface area contributed by atoms with E-state index in [1.54, 1.807) is 24.3 Å². The van der Waals surface area contributed by atoms with E-state index < -0.39 is 10.0 Å². The molecule has 1 saturated carbocycles. The normalized spacial score (nSPS) is 22.6. The zero-order valence-electron chi connectivity index (χ0n) is 10.2. The van der Waals surface area contributed by atoms with Crippen LogP contribution in [0.2, 0.25) is 0 Å². The van der Waals surface area contributed by atoms with E-state index in [-0.39, 0.29) is 11.2 Å². The highest BCUT2D eigenvalue weighted by molar-refractivity contribution is 7.89. The van der Waals surface area contributed by atoms with Crippen LogP contribution >= 0.6 is 0 Å². The molecule has 0 radical (unpaired) electrons. The van der Waals surface area contributed by atoms with E-state index in [0.717, 1.165) is 5.56 Å². The van der Waals surface area contributed by atoms with Gasteiger partial charge in [-0.05, 0) is 19.1 Å². The fourth-order valence-electron chi connectivity index (χ4n) is 2.74. The first-order chi connectivity index (χ1) is 8.41. The van der Waals surface area contributed by atoms with E-state index in [9.17, 15) is 13.2 Å². The zero-order valence-corrected chi connectivity index (χ0v) is 11.0. The van der Waals surface area contributed by atoms with Gasteiger partial charge in [0.25, 0.3) is 0 Å². The molecular weight excluding hydrogens is 250 g/mol. The molecule has 1 aliphatic carbocycles. The van der Waals surface area contributed by atoms with Crippen LogP contribution in [-0.4, -0.2) is 31.6 Å². The quantitative estimate of drug-likeness (QED) is 0.811. The second kappa shape index (κ2) is 3.65. The van der Waals surface area contributed by atoms with Gasteiger partial charge in [-0.15, -0.1) is 0 Å². The van der Waals surface area contributed by atoms with Gasteiger partial charge < -0.3 is 0 Å². The van der Waals surface area contributed by atoms with Gasteiger partial charge in [-0.1, -0.05) is 17.7 Å². The molecule has 96 valence electrons. The second-order valence-electron chi connectivity index (χ2n) is 5.48. The van der Waals surface area contributed by atoms with Crippen LogP contribution < -0.4 is 0 Å². The Hall–Kier alpha value is -1.20. The van der Waals surface area contributed by atoms with E-state index in [2.05, 4.69) is 0 Å². The molecule has 18 heavy (non-hydrogen) atoms. The molecule has 2 fully saturated rings. The van der Waals surface area contributed by atoms with E-state index in [1.165, 1.54) is 4.31 Å².